The zero-order valence-electron chi connectivity index (χ0n) is 8.07. The molecule has 0 bridgehead atoms. The number of carboxylic acid groups (broad SMARTS) is 1. The van der Waals surface area contributed by atoms with Crippen LogP contribution in [0.3, 0.4) is 0 Å². The normalized spacial score (nSPS) is 12.0. The van der Waals surface area contributed by atoms with E-state index in [0.29, 0.717) is 5.69 Å². The van der Waals surface area contributed by atoms with E-state index in [4.69, 9.17) is 5.11 Å². The standard InChI is InChI=1S/C8H9F3N2O2S/c9-8(10,11)4-13(2-7(14)15)1-6-3-16-5-12-6/h3,5H,1-2,4H2,(H,14,15). The molecule has 0 atom stereocenters. The van der Waals surface area contributed by atoms with E-state index in [1.807, 2.05) is 0 Å². The largest absolute Gasteiger partial charge is 0.480 e. The minimum atomic E-state index is -4.41. The topological polar surface area (TPSA) is 53.4 Å². The van der Waals surface area contributed by atoms with Crippen molar-refractivity contribution in [3.63, 3.8) is 0 Å². The van der Waals surface area contributed by atoms with Gasteiger partial charge in [-0.15, -0.1) is 11.3 Å². The first-order valence-corrected chi connectivity index (χ1v) is 5.19. The number of rotatable bonds is 5. The van der Waals surface area contributed by atoms with Crippen LogP contribution in [-0.2, 0) is 11.3 Å². The van der Waals surface area contributed by atoms with Gasteiger partial charge in [0.25, 0.3) is 0 Å². The highest BCUT2D eigenvalue weighted by atomic mass is 32.1. The molecule has 0 unspecified atom stereocenters. The fourth-order valence-corrected chi connectivity index (χ4v) is 1.71. The van der Waals surface area contributed by atoms with Crippen molar-refractivity contribution in [1.82, 2.24) is 9.88 Å². The van der Waals surface area contributed by atoms with E-state index < -0.39 is 25.2 Å². The Labute approximate surface area is 93.3 Å². The van der Waals surface area contributed by atoms with Gasteiger partial charge in [-0.05, 0) is 0 Å². The third-order valence-electron chi connectivity index (χ3n) is 1.63. The lowest BCUT2D eigenvalue weighted by atomic mass is 10.4. The molecular weight excluding hydrogens is 245 g/mol. The van der Waals surface area contributed by atoms with E-state index in [9.17, 15) is 18.0 Å². The molecule has 0 amide bonds. The summed E-state index contributed by atoms with van der Waals surface area (Å²) in [6.45, 7) is -2.02. The van der Waals surface area contributed by atoms with Crippen LogP contribution in [0.2, 0.25) is 0 Å². The maximum atomic E-state index is 12.1. The lowest BCUT2D eigenvalue weighted by molar-refractivity contribution is -0.154. The first kappa shape index (κ1) is 12.9. The van der Waals surface area contributed by atoms with E-state index in [1.165, 1.54) is 16.8 Å². The number of hydrogen-bond acceptors (Lipinski definition) is 4. The molecule has 1 rings (SSSR count). The fraction of sp³-hybridized carbons (Fsp3) is 0.500. The molecule has 0 saturated heterocycles. The highest BCUT2D eigenvalue weighted by molar-refractivity contribution is 7.07. The van der Waals surface area contributed by atoms with Gasteiger partial charge in [-0.1, -0.05) is 0 Å². The summed E-state index contributed by atoms with van der Waals surface area (Å²) in [5, 5.41) is 10.1. The Morgan fingerprint density at radius 3 is 2.69 bits per heavy atom. The number of halogens is 3. The molecule has 8 heteroatoms. The van der Waals surface area contributed by atoms with E-state index in [1.54, 1.807) is 5.38 Å². The van der Waals surface area contributed by atoms with Crippen molar-refractivity contribution in [2.45, 2.75) is 12.7 Å². The van der Waals surface area contributed by atoms with Crippen molar-refractivity contribution in [1.29, 1.82) is 0 Å². The van der Waals surface area contributed by atoms with Gasteiger partial charge in [-0.3, -0.25) is 9.69 Å². The summed E-state index contributed by atoms with van der Waals surface area (Å²) in [6.07, 6.45) is -4.41. The number of hydrogen-bond donors (Lipinski definition) is 1. The number of thiazole rings is 1. The van der Waals surface area contributed by atoms with Crippen LogP contribution in [0, 0.1) is 0 Å². The molecule has 90 valence electrons. The highest BCUT2D eigenvalue weighted by Gasteiger charge is 2.31. The van der Waals surface area contributed by atoms with E-state index in [-0.39, 0.29) is 6.54 Å². The average Bonchev–Trinajstić information content (AvgIpc) is 2.51. The smallest absolute Gasteiger partial charge is 0.401 e. The molecule has 0 spiro atoms. The van der Waals surface area contributed by atoms with Gasteiger partial charge in [-0.25, -0.2) is 4.98 Å². The van der Waals surface area contributed by atoms with Gasteiger partial charge in [0.05, 0.1) is 24.3 Å². The summed E-state index contributed by atoms with van der Waals surface area (Å²) >= 11 is 1.25. The van der Waals surface area contributed by atoms with Crippen molar-refractivity contribution < 1.29 is 23.1 Å². The monoisotopic (exact) mass is 254 g/mol. The van der Waals surface area contributed by atoms with E-state index in [2.05, 4.69) is 4.98 Å². The molecule has 1 aromatic heterocycles. The number of nitrogens with zero attached hydrogens (tertiary/aromatic N) is 2. The minimum Gasteiger partial charge on any atom is -0.480 e. The van der Waals surface area contributed by atoms with E-state index >= 15 is 0 Å². The molecule has 0 radical (unpaired) electrons. The minimum absolute atomic E-state index is 0.116. The fourth-order valence-electron chi connectivity index (χ4n) is 1.16. The Balaban J connectivity index is 2.60. The zero-order chi connectivity index (χ0) is 12.2. The number of carboxylic acids is 1. The molecule has 0 fully saturated rings. The summed E-state index contributed by atoms with van der Waals surface area (Å²) in [6, 6.07) is 0. The van der Waals surface area contributed by atoms with Gasteiger partial charge in [0.15, 0.2) is 0 Å². The van der Waals surface area contributed by atoms with Gasteiger partial charge in [0.1, 0.15) is 0 Å². The summed E-state index contributed by atoms with van der Waals surface area (Å²) in [4.78, 5) is 15.0. The zero-order valence-corrected chi connectivity index (χ0v) is 8.88. The molecule has 1 heterocycles. The quantitative estimate of drug-likeness (QED) is 0.867. The molecule has 1 N–H and O–H groups in total. The third-order valence-corrected chi connectivity index (χ3v) is 2.27. The first-order valence-electron chi connectivity index (χ1n) is 4.25. The van der Waals surface area contributed by atoms with Gasteiger partial charge in [-0.2, -0.15) is 13.2 Å². The van der Waals surface area contributed by atoms with Crippen LogP contribution in [0.15, 0.2) is 10.9 Å². The number of aromatic nitrogens is 1. The summed E-state index contributed by atoms with van der Waals surface area (Å²) in [7, 11) is 0. The Morgan fingerprint density at radius 1 is 1.56 bits per heavy atom. The van der Waals surface area contributed by atoms with Crippen LogP contribution in [0.1, 0.15) is 5.69 Å². The van der Waals surface area contributed by atoms with Crippen molar-refractivity contribution in [2.24, 2.45) is 0 Å². The lowest BCUT2D eigenvalue weighted by Crippen LogP contribution is -2.37. The Morgan fingerprint density at radius 2 is 2.25 bits per heavy atom. The predicted molar refractivity (Wildman–Crippen MR) is 51.1 cm³/mol. The summed E-state index contributed by atoms with van der Waals surface area (Å²) < 4.78 is 36.4. The summed E-state index contributed by atoms with van der Waals surface area (Å²) in [5.41, 5.74) is 1.93. The lowest BCUT2D eigenvalue weighted by Gasteiger charge is -2.20. The van der Waals surface area contributed by atoms with Crippen molar-refractivity contribution in [3.05, 3.63) is 16.6 Å². The molecule has 0 aromatic carbocycles. The molecule has 4 nitrogen and oxygen atoms in total. The maximum Gasteiger partial charge on any atom is 0.401 e. The van der Waals surface area contributed by atoms with Crippen molar-refractivity contribution >= 4 is 17.3 Å². The predicted octanol–water partition coefficient (Wildman–Crippen LogP) is 1.59. The van der Waals surface area contributed by atoms with Crippen molar-refractivity contribution in [2.75, 3.05) is 13.1 Å². The first-order chi connectivity index (χ1) is 7.37. The van der Waals surface area contributed by atoms with Crippen LogP contribution in [0.25, 0.3) is 0 Å². The van der Waals surface area contributed by atoms with Crippen LogP contribution in [-0.4, -0.2) is 40.2 Å². The second-order valence-corrected chi connectivity index (χ2v) is 3.85. The van der Waals surface area contributed by atoms with Gasteiger partial charge in [0, 0.05) is 11.9 Å². The van der Waals surface area contributed by atoms with E-state index in [0.717, 1.165) is 4.90 Å². The SMILES string of the molecule is O=C(O)CN(Cc1cscn1)CC(F)(F)F. The number of alkyl halides is 3. The Bertz CT molecular complexity index is 340. The molecule has 0 saturated carbocycles. The molecule has 0 aliphatic heterocycles. The van der Waals surface area contributed by atoms with Gasteiger partial charge < -0.3 is 5.11 Å². The van der Waals surface area contributed by atoms with Gasteiger partial charge >= 0.3 is 12.1 Å². The van der Waals surface area contributed by atoms with Crippen molar-refractivity contribution in [3.8, 4) is 0 Å². The van der Waals surface area contributed by atoms with Crippen LogP contribution < -0.4 is 0 Å². The second-order valence-electron chi connectivity index (χ2n) is 3.13. The number of carbonyl (C=O) groups is 1. The second kappa shape index (κ2) is 5.26. The molecule has 0 aliphatic rings. The molecular formula is C8H9F3N2O2S. The maximum absolute atomic E-state index is 12.1. The van der Waals surface area contributed by atoms with Crippen LogP contribution >= 0.6 is 11.3 Å². The molecule has 0 aliphatic carbocycles. The Hall–Kier alpha value is -1.15. The molecule has 16 heavy (non-hydrogen) atoms. The Kier molecular flexibility index (Phi) is 4.25. The number of aliphatic carboxylic acids is 1. The van der Waals surface area contributed by atoms with Crippen LogP contribution in [0.4, 0.5) is 13.2 Å². The molecule has 1 aromatic rings. The van der Waals surface area contributed by atoms with Crippen LogP contribution in [0.5, 0.6) is 0 Å². The average molecular weight is 254 g/mol. The highest BCUT2D eigenvalue weighted by Crippen LogP contribution is 2.17. The third kappa shape index (κ3) is 5.08. The van der Waals surface area contributed by atoms with Gasteiger partial charge in [0.2, 0.25) is 0 Å². The summed E-state index contributed by atoms with van der Waals surface area (Å²) in [5.74, 6) is -1.29.